The van der Waals surface area contributed by atoms with E-state index in [4.69, 9.17) is 0 Å². The molecule has 0 bridgehead atoms. The highest BCUT2D eigenvalue weighted by molar-refractivity contribution is 5.27. The zero-order chi connectivity index (χ0) is 13.9. The van der Waals surface area contributed by atoms with Crippen LogP contribution in [-0.2, 0) is 6.54 Å². The molecule has 2 saturated heterocycles. The Morgan fingerprint density at radius 3 is 3.00 bits per heavy atom. The predicted octanol–water partition coefficient (Wildman–Crippen LogP) is 2.20. The third-order valence-electron chi connectivity index (χ3n) is 4.67. The van der Waals surface area contributed by atoms with Crippen LogP contribution in [0.2, 0.25) is 0 Å². The van der Waals surface area contributed by atoms with Crippen molar-refractivity contribution in [3.8, 4) is 5.75 Å². The van der Waals surface area contributed by atoms with Gasteiger partial charge < -0.3 is 10.4 Å². The second kappa shape index (κ2) is 6.10. The molecule has 4 nitrogen and oxygen atoms in total. The van der Waals surface area contributed by atoms with Gasteiger partial charge in [-0.1, -0.05) is 6.42 Å². The highest BCUT2D eigenvalue weighted by Crippen LogP contribution is 2.27. The smallest absolute Gasteiger partial charge is 0.138 e. The Morgan fingerprint density at radius 1 is 1.30 bits per heavy atom. The van der Waals surface area contributed by atoms with Crippen LogP contribution in [0, 0.1) is 6.92 Å². The summed E-state index contributed by atoms with van der Waals surface area (Å²) >= 11 is 0. The van der Waals surface area contributed by atoms with E-state index in [0.29, 0.717) is 17.8 Å². The minimum absolute atomic E-state index is 0.333. The summed E-state index contributed by atoms with van der Waals surface area (Å²) in [6, 6.07) is 4.87. The van der Waals surface area contributed by atoms with Crippen LogP contribution in [0.15, 0.2) is 12.1 Å². The highest BCUT2D eigenvalue weighted by Gasteiger charge is 2.31. The van der Waals surface area contributed by atoms with Crippen LogP contribution >= 0.6 is 0 Å². The van der Waals surface area contributed by atoms with E-state index in [1.54, 1.807) is 6.07 Å². The Bertz CT molecular complexity index is 457. The fraction of sp³-hybridized carbons (Fsp3) is 0.688. The van der Waals surface area contributed by atoms with Crippen LogP contribution in [0.5, 0.6) is 5.75 Å². The van der Waals surface area contributed by atoms with E-state index in [-0.39, 0.29) is 0 Å². The molecule has 4 heteroatoms. The van der Waals surface area contributed by atoms with Gasteiger partial charge in [0.15, 0.2) is 0 Å². The molecule has 2 fully saturated rings. The largest absolute Gasteiger partial charge is 0.506 e. The number of likely N-dealkylation sites (tertiary alicyclic amines) is 1. The molecule has 3 rings (SSSR count). The molecule has 3 heterocycles. The van der Waals surface area contributed by atoms with Gasteiger partial charge in [-0.3, -0.25) is 9.88 Å². The lowest BCUT2D eigenvalue weighted by Crippen LogP contribution is -2.49. The average Bonchev–Trinajstić information content (AvgIpc) is 2.97. The number of aromatic hydroxyl groups is 1. The SMILES string of the molecule is Cc1ccc(O)c(CN2CCCCC2C2CCCN2)n1. The molecular weight excluding hydrogens is 250 g/mol. The van der Waals surface area contributed by atoms with Crippen LogP contribution in [0.4, 0.5) is 0 Å². The van der Waals surface area contributed by atoms with Crippen LogP contribution in [0.25, 0.3) is 0 Å². The van der Waals surface area contributed by atoms with Crippen LogP contribution in [0.1, 0.15) is 43.5 Å². The van der Waals surface area contributed by atoms with Gasteiger partial charge in [-0.05, 0) is 57.8 Å². The van der Waals surface area contributed by atoms with Crippen molar-refractivity contribution in [3.63, 3.8) is 0 Å². The number of rotatable bonds is 3. The molecule has 110 valence electrons. The summed E-state index contributed by atoms with van der Waals surface area (Å²) in [5, 5.41) is 13.7. The number of hydrogen-bond donors (Lipinski definition) is 2. The van der Waals surface area contributed by atoms with E-state index in [0.717, 1.165) is 31.0 Å². The lowest BCUT2D eigenvalue weighted by Gasteiger charge is -2.39. The second-order valence-corrected chi connectivity index (χ2v) is 6.15. The van der Waals surface area contributed by atoms with Crippen molar-refractivity contribution in [3.05, 3.63) is 23.5 Å². The maximum Gasteiger partial charge on any atom is 0.138 e. The first kappa shape index (κ1) is 13.8. The maximum absolute atomic E-state index is 10.0. The van der Waals surface area contributed by atoms with Gasteiger partial charge in [-0.2, -0.15) is 0 Å². The Balaban J connectivity index is 1.74. The third-order valence-corrected chi connectivity index (χ3v) is 4.67. The standard InChI is InChI=1S/C16H25N3O/c1-12-7-8-16(20)14(18-12)11-19-10-3-2-6-15(19)13-5-4-9-17-13/h7-8,13,15,17,20H,2-6,9-11H2,1H3. The number of piperidine rings is 1. The summed E-state index contributed by atoms with van der Waals surface area (Å²) in [4.78, 5) is 7.04. The van der Waals surface area contributed by atoms with Gasteiger partial charge in [0.25, 0.3) is 0 Å². The molecule has 1 aromatic rings. The average molecular weight is 275 g/mol. The van der Waals surface area contributed by atoms with Crippen LogP contribution < -0.4 is 5.32 Å². The molecule has 0 aromatic carbocycles. The fourth-order valence-corrected chi connectivity index (χ4v) is 3.62. The molecule has 1 aromatic heterocycles. The summed E-state index contributed by atoms with van der Waals surface area (Å²) in [6.45, 7) is 5.03. The minimum atomic E-state index is 0.333. The second-order valence-electron chi connectivity index (χ2n) is 6.15. The molecule has 0 aliphatic carbocycles. The zero-order valence-electron chi connectivity index (χ0n) is 12.3. The van der Waals surface area contributed by atoms with Gasteiger partial charge in [0.05, 0.1) is 5.69 Å². The van der Waals surface area contributed by atoms with Crippen molar-refractivity contribution in [2.24, 2.45) is 0 Å². The molecule has 0 radical (unpaired) electrons. The number of pyridine rings is 1. The first-order valence-electron chi connectivity index (χ1n) is 7.87. The molecule has 2 atom stereocenters. The molecule has 0 saturated carbocycles. The Labute approximate surface area is 121 Å². The maximum atomic E-state index is 10.0. The fourth-order valence-electron chi connectivity index (χ4n) is 3.62. The number of hydrogen-bond acceptors (Lipinski definition) is 4. The number of aryl methyl sites for hydroxylation is 1. The predicted molar refractivity (Wildman–Crippen MR) is 79.7 cm³/mol. The van der Waals surface area contributed by atoms with Crippen molar-refractivity contribution in [2.45, 2.75) is 57.7 Å². The first-order chi connectivity index (χ1) is 9.74. The van der Waals surface area contributed by atoms with Gasteiger partial charge in [0.1, 0.15) is 5.75 Å². The monoisotopic (exact) mass is 275 g/mol. The van der Waals surface area contributed by atoms with Crippen molar-refractivity contribution in [1.29, 1.82) is 0 Å². The van der Waals surface area contributed by atoms with E-state index in [1.165, 1.54) is 32.1 Å². The van der Waals surface area contributed by atoms with Gasteiger partial charge in [-0.15, -0.1) is 0 Å². The van der Waals surface area contributed by atoms with Crippen molar-refractivity contribution in [1.82, 2.24) is 15.2 Å². The first-order valence-corrected chi connectivity index (χ1v) is 7.87. The molecule has 0 amide bonds. The van der Waals surface area contributed by atoms with Gasteiger partial charge in [-0.25, -0.2) is 0 Å². The van der Waals surface area contributed by atoms with Gasteiger partial charge in [0.2, 0.25) is 0 Å². The minimum Gasteiger partial charge on any atom is -0.506 e. The van der Waals surface area contributed by atoms with E-state index in [2.05, 4.69) is 15.2 Å². The quantitative estimate of drug-likeness (QED) is 0.888. The Morgan fingerprint density at radius 2 is 2.20 bits per heavy atom. The number of aromatic nitrogens is 1. The lowest BCUT2D eigenvalue weighted by atomic mass is 9.94. The van der Waals surface area contributed by atoms with E-state index in [1.807, 2.05) is 13.0 Å². The topological polar surface area (TPSA) is 48.4 Å². The van der Waals surface area contributed by atoms with Crippen molar-refractivity contribution < 1.29 is 5.11 Å². The van der Waals surface area contributed by atoms with E-state index in [9.17, 15) is 5.11 Å². The van der Waals surface area contributed by atoms with E-state index < -0.39 is 0 Å². The summed E-state index contributed by atoms with van der Waals surface area (Å²) in [7, 11) is 0. The third kappa shape index (κ3) is 2.96. The summed E-state index contributed by atoms with van der Waals surface area (Å²) < 4.78 is 0. The Hall–Kier alpha value is -1.13. The molecule has 2 aliphatic heterocycles. The number of nitrogens with zero attached hydrogens (tertiary/aromatic N) is 2. The summed E-state index contributed by atoms with van der Waals surface area (Å²) in [6.07, 6.45) is 6.43. The van der Waals surface area contributed by atoms with Gasteiger partial charge in [0, 0.05) is 24.3 Å². The molecular formula is C16H25N3O. The van der Waals surface area contributed by atoms with E-state index >= 15 is 0 Å². The summed E-state index contributed by atoms with van der Waals surface area (Å²) in [5.41, 5.74) is 1.81. The zero-order valence-corrected chi connectivity index (χ0v) is 12.3. The normalized spacial score (nSPS) is 27.9. The van der Waals surface area contributed by atoms with Crippen LogP contribution in [0.3, 0.4) is 0 Å². The number of nitrogens with one attached hydrogen (secondary N) is 1. The van der Waals surface area contributed by atoms with Crippen molar-refractivity contribution >= 4 is 0 Å². The Kier molecular flexibility index (Phi) is 4.22. The highest BCUT2D eigenvalue weighted by atomic mass is 16.3. The molecule has 0 spiro atoms. The van der Waals surface area contributed by atoms with Crippen molar-refractivity contribution in [2.75, 3.05) is 13.1 Å². The lowest BCUT2D eigenvalue weighted by molar-refractivity contribution is 0.110. The molecule has 2 unspecified atom stereocenters. The van der Waals surface area contributed by atoms with Crippen LogP contribution in [-0.4, -0.2) is 40.2 Å². The molecule has 2 N–H and O–H groups in total. The molecule has 20 heavy (non-hydrogen) atoms. The van der Waals surface area contributed by atoms with Gasteiger partial charge >= 0.3 is 0 Å². The summed E-state index contributed by atoms with van der Waals surface area (Å²) in [5.74, 6) is 0.333. The molecule has 2 aliphatic rings.